The topological polar surface area (TPSA) is 236 Å². The maximum absolute atomic E-state index is 12.6. The number of esters is 2. The molecule has 5 aromatic rings. The summed E-state index contributed by atoms with van der Waals surface area (Å²) in [6.45, 7) is 2.13. The van der Waals surface area contributed by atoms with E-state index < -0.39 is 50.1 Å². The Kier molecular flexibility index (Phi) is 32.0. The smallest absolute Gasteiger partial charge is 0.324 e. The fourth-order valence-corrected chi connectivity index (χ4v) is 14.3. The summed E-state index contributed by atoms with van der Waals surface area (Å²) >= 11 is 0. The summed E-state index contributed by atoms with van der Waals surface area (Å²) in [7, 11) is -5.16. The number of sulfonamides is 2. The van der Waals surface area contributed by atoms with Gasteiger partial charge in [0.15, 0.2) is 0 Å². The van der Waals surface area contributed by atoms with Crippen LogP contribution in [-0.4, -0.2) is 92.0 Å². The van der Waals surface area contributed by atoms with E-state index in [1.165, 1.54) is 173 Å². The maximum atomic E-state index is 12.6. The third-order valence-corrected chi connectivity index (χ3v) is 20.1. The van der Waals surface area contributed by atoms with Crippen molar-refractivity contribution in [3.8, 4) is 17.2 Å². The van der Waals surface area contributed by atoms with Gasteiger partial charge in [0.05, 0.1) is 43.8 Å². The molecule has 18 heteroatoms. The van der Waals surface area contributed by atoms with Gasteiger partial charge in [0.2, 0.25) is 20.0 Å². The van der Waals surface area contributed by atoms with Gasteiger partial charge < -0.3 is 34.5 Å². The van der Waals surface area contributed by atoms with E-state index in [2.05, 4.69) is 14.2 Å². The summed E-state index contributed by atoms with van der Waals surface area (Å²) in [5.74, 6) is 2.91. The van der Waals surface area contributed by atoms with E-state index in [0.29, 0.717) is 19.6 Å². The van der Waals surface area contributed by atoms with Gasteiger partial charge in [-0.3, -0.25) is 14.4 Å². The van der Waals surface area contributed by atoms with E-state index >= 15 is 0 Å². The van der Waals surface area contributed by atoms with Crippen LogP contribution in [0.3, 0.4) is 0 Å². The lowest BCUT2D eigenvalue weighted by atomic mass is 9.86. The molecule has 3 fully saturated rings. The van der Waals surface area contributed by atoms with Crippen molar-refractivity contribution in [2.45, 2.75) is 201 Å². The fourth-order valence-electron chi connectivity index (χ4n) is 11.9. The van der Waals surface area contributed by atoms with Crippen LogP contribution in [0.1, 0.15) is 171 Å². The fraction of sp³-hybridized carbons (Fsp3) is 0.535. The Balaban J connectivity index is 0.000000216. The number of unbranched alkanes of at least 4 members (excludes halogenated alkanes) is 3. The van der Waals surface area contributed by atoms with E-state index in [9.17, 15) is 36.3 Å². The molecule has 5 aromatic carbocycles. The molecule has 0 spiro atoms. The van der Waals surface area contributed by atoms with E-state index in [-0.39, 0.29) is 28.6 Å². The second kappa shape index (κ2) is 39.7. The van der Waals surface area contributed by atoms with Gasteiger partial charge in [0.25, 0.3) is 0 Å². The number of hydrogen-bond donors (Lipinski definition) is 4. The summed E-state index contributed by atoms with van der Waals surface area (Å²) in [6, 6.07) is 35.2. The molecule has 3 atom stereocenters. The molecule has 0 aliphatic heterocycles. The van der Waals surface area contributed by atoms with Crippen LogP contribution >= 0.6 is 0 Å². The number of aliphatic carboxylic acids is 1. The van der Waals surface area contributed by atoms with Crippen LogP contribution in [0, 0.1) is 17.8 Å². The van der Waals surface area contributed by atoms with Crippen molar-refractivity contribution in [1.29, 1.82) is 0 Å². The Bertz CT molecular complexity index is 3010. The number of carboxylic acid groups (broad SMARTS) is 1. The molecule has 0 amide bonds. The monoisotopic (exact) mass is 1270 g/mol. The van der Waals surface area contributed by atoms with Crippen molar-refractivity contribution in [1.82, 2.24) is 9.44 Å². The minimum atomic E-state index is -3.91. The summed E-state index contributed by atoms with van der Waals surface area (Å²) in [6.07, 6.45) is 32.5. The van der Waals surface area contributed by atoms with Crippen LogP contribution in [0.5, 0.6) is 17.2 Å². The molecule has 5 N–H and O–H groups in total. The van der Waals surface area contributed by atoms with E-state index in [1.54, 1.807) is 60.7 Å². The Morgan fingerprint density at radius 1 is 0.438 bits per heavy atom. The number of carbonyl (C=O) groups is 3. The number of nitrogens with one attached hydrogen (secondary N) is 2. The standard InChI is InChI=1S/C26H35NO5S.C25H33NO5S.C20H31NO3/c1-31-26(28)25(27-33(29,30)24-13-6-3-7-14-24)20-22-15-17-23(18-16-22)32-19-9-8-12-21-10-4-2-5-11-21;27-25(28)24(26-32(29,30)23-12-5-2-6-13-23)19-21-14-16-22(17-15-21)31-18-8-7-11-20-9-3-1-4-10-20;1-23-20(22)19(21)15-17-10-12-18(13-11-17)24-14-6-5-9-16-7-3-2-4-8-16/h3,6-7,13-18,21,25,27H,2,4-5,8-12,19-20H2,1H3;2,5-6,12-17,20,24,26H,1,3-4,7-11,18-19H2,(H,27,28);10-13,16,19H,2-9,14-15,21H2,1H3. The average molecular weight is 1270 g/mol. The molecular weight excluding hydrogens is 1170 g/mol. The maximum Gasteiger partial charge on any atom is 0.324 e. The summed E-state index contributed by atoms with van der Waals surface area (Å²) in [5, 5.41) is 9.51. The van der Waals surface area contributed by atoms with Gasteiger partial charge in [-0.15, -0.1) is 0 Å². The van der Waals surface area contributed by atoms with E-state index in [0.717, 1.165) is 77.6 Å². The zero-order chi connectivity index (χ0) is 63.5. The Hall–Kier alpha value is -6.31. The van der Waals surface area contributed by atoms with Gasteiger partial charge in [-0.1, -0.05) is 188 Å². The van der Waals surface area contributed by atoms with Gasteiger partial charge in [0, 0.05) is 0 Å². The summed E-state index contributed by atoms with van der Waals surface area (Å²) in [4.78, 5) is 35.4. The molecule has 488 valence electrons. The molecule has 3 aliphatic carbocycles. The number of hydrogen-bond acceptors (Lipinski definition) is 13. The van der Waals surface area contributed by atoms with Gasteiger partial charge >= 0.3 is 17.9 Å². The van der Waals surface area contributed by atoms with E-state index in [4.69, 9.17) is 24.7 Å². The van der Waals surface area contributed by atoms with Crippen LogP contribution in [0.4, 0.5) is 0 Å². The molecule has 0 aromatic heterocycles. The number of ether oxygens (including phenoxy) is 5. The Morgan fingerprint density at radius 2 is 0.753 bits per heavy atom. The lowest BCUT2D eigenvalue weighted by molar-refractivity contribution is -0.143. The van der Waals surface area contributed by atoms with Crippen molar-refractivity contribution in [2.24, 2.45) is 23.5 Å². The van der Waals surface area contributed by atoms with Crippen molar-refractivity contribution in [3.63, 3.8) is 0 Å². The van der Waals surface area contributed by atoms with Crippen LogP contribution in [0.2, 0.25) is 0 Å². The predicted octanol–water partition coefficient (Wildman–Crippen LogP) is 13.5. The SMILES string of the molecule is COC(=O)C(Cc1ccc(OCCCCC2CCCCC2)cc1)NS(=O)(=O)c1ccccc1.COC(=O)C(N)Cc1ccc(OCCCCC2CCCCC2)cc1.O=C(O)C(Cc1ccc(OCCCCC2CCCCC2)cc1)NS(=O)(=O)c1ccccc1. The minimum Gasteiger partial charge on any atom is -0.494 e. The highest BCUT2D eigenvalue weighted by atomic mass is 32.2. The molecule has 16 nitrogen and oxygen atoms in total. The zero-order valence-electron chi connectivity index (χ0n) is 52.6. The van der Waals surface area contributed by atoms with Crippen molar-refractivity contribution >= 4 is 38.0 Å². The molecule has 0 saturated heterocycles. The Labute approximate surface area is 530 Å². The molecule has 0 heterocycles. The Morgan fingerprint density at radius 3 is 1.08 bits per heavy atom. The van der Waals surface area contributed by atoms with Crippen molar-refractivity contribution < 1.29 is 60.0 Å². The summed E-state index contributed by atoms with van der Waals surface area (Å²) in [5.41, 5.74) is 8.31. The van der Waals surface area contributed by atoms with Crippen LogP contribution in [0.25, 0.3) is 0 Å². The first-order valence-corrected chi connectivity index (χ1v) is 35.5. The highest BCUT2D eigenvalue weighted by Crippen LogP contribution is 2.30. The zero-order valence-corrected chi connectivity index (χ0v) is 54.3. The van der Waals surface area contributed by atoms with Gasteiger partial charge in [0.1, 0.15) is 35.4 Å². The van der Waals surface area contributed by atoms with Gasteiger partial charge in [-0.25, -0.2) is 16.8 Å². The first-order chi connectivity index (χ1) is 43.1. The highest BCUT2D eigenvalue weighted by Gasteiger charge is 2.28. The molecule has 0 bridgehead atoms. The van der Waals surface area contributed by atoms with Crippen LogP contribution in [0.15, 0.2) is 143 Å². The number of rotatable bonds is 33. The largest absolute Gasteiger partial charge is 0.494 e. The van der Waals surface area contributed by atoms with E-state index in [1.807, 2.05) is 48.5 Å². The quantitative estimate of drug-likeness (QED) is 0.0226. The normalized spacial score (nSPS) is 16.0. The second-order valence-electron chi connectivity index (χ2n) is 24.1. The molecular formula is C71H99N3O13S2. The number of benzene rings is 5. The second-order valence-corrected chi connectivity index (χ2v) is 27.5. The molecule has 3 aliphatic rings. The van der Waals surface area contributed by atoms with Crippen LogP contribution in [-0.2, 0) is 63.2 Å². The molecule has 8 rings (SSSR count). The lowest BCUT2D eigenvalue weighted by Crippen LogP contribution is -2.42. The number of nitrogens with two attached hydrogens (primary N) is 1. The third kappa shape index (κ3) is 27.4. The van der Waals surface area contributed by atoms with Gasteiger partial charge in [-0.05, 0) is 153 Å². The lowest BCUT2D eigenvalue weighted by Gasteiger charge is -2.21. The highest BCUT2D eigenvalue weighted by molar-refractivity contribution is 7.89. The predicted molar refractivity (Wildman–Crippen MR) is 349 cm³/mol. The molecule has 3 unspecified atom stereocenters. The third-order valence-electron chi connectivity index (χ3n) is 17.1. The summed E-state index contributed by atoms with van der Waals surface area (Å²) < 4.78 is 81.9. The van der Waals surface area contributed by atoms with Gasteiger partial charge in [-0.2, -0.15) is 9.44 Å². The molecule has 89 heavy (non-hydrogen) atoms. The minimum absolute atomic E-state index is 0.0403. The van der Waals surface area contributed by atoms with Crippen LogP contribution < -0.4 is 29.4 Å². The van der Waals surface area contributed by atoms with Crippen molar-refractivity contribution in [3.05, 3.63) is 150 Å². The number of methoxy groups -OCH3 is 2. The molecule has 0 radical (unpaired) electrons. The van der Waals surface area contributed by atoms with Crippen molar-refractivity contribution in [2.75, 3.05) is 34.0 Å². The first kappa shape index (κ1) is 71.8. The number of carboxylic acids is 1. The molecule has 3 saturated carbocycles. The first-order valence-electron chi connectivity index (χ1n) is 32.5. The number of carbonyl (C=O) groups excluding carboxylic acids is 2. The average Bonchev–Trinajstić information content (AvgIpc) is 2.93.